The highest BCUT2D eigenvalue weighted by atomic mass is 35.5. The first-order valence-electron chi connectivity index (χ1n) is 12.8. The Morgan fingerprint density at radius 2 is 1.72 bits per heavy atom. The van der Waals surface area contributed by atoms with Crippen molar-refractivity contribution >= 4 is 39.5 Å². The summed E-state index contributed by atoms with van der Waals surface area (Å²) in [5, 5.41) is 12.6. The Morgan fingerprint density at radius 3 is 2.33 bits per heavy atom. The van der Waals surface area contributed by atoms with E-state index in [1.165, 1.54) is 12.1 Å². The lowest BCUT2D eigenvalue weighted by Crippen LogP contribution is -2.28. The molecule has 0 spiro atoms. The fourth-order valence-electron chi connectivity index (χ4n) is 5.07. The molecule has 2 heterocycles. The molecule has 7 heteroatoms. The van der Waals surface area contributed by atoms with Crippen LogP contribution in [0.15, 0.2) is 66.7 Å². The summed E-state index contributed by atoms with van der Waals surface area (Å²) in [4.78, 5) is 17.7. The second-order valence-electron chi connectivity index (χ2n) is 10.9. The van der Waals surface area contributed by atoms with Crippen molar-refractivity contribution in [3.05, 3.63) is 100.0 Å². The molecule has 5 rings (SSSR count). The van der Waals surface area contributed by atoms with Gasteiger partial charge in [-0.2, -0.15) is 0 Å². The number of nitrogens with zero attached hydrogens (tertiary/aromatic N) is 2. The van der Waals surface area contributed by atoms with E-state index >= 15 is 0 Å². The molecule has 5 aromatic rings. The second-order valence-corrected chi connectivity index (χ2v) is 11.3. The van der Waals surface area contributed by atoms with Crippen LogP contribution in [-0.2, 0) is 16.1 Å². The van der Waals surface area contributed by atoms with E-state index in [0.29, 0.717) is 28.5 Å². The first-order valence-corrected chi connectivity index (χ1v) is 13.1. The van der Waals surface area contributed by atoms with Gasteiger partial charge in [-0.1, -0.05) is 53.6 Å². The van der Waals surface area contributed by atoms with Gasteiger partial charge in [0.1, 0.15) is 11.5 Å². The fourth-order valence-corrected chi connectivity index (χ4v) is 5.24. The van der Waals surface area contributed by atoms with E-state index in [1.54, 1.807) is 12.1 Å². The van der Waals surface area contributed by atoms with Gasteiger partial charge in [0.25, 0.3) is 0 Å². The molecule has 1 atom stereocenters. The quantitative estimate of drug-likeness (QED) is 0.234. The molecule has 2 aromatic heterocycles. The maximum Gasteiger partial charge on any atom is 0.337 e. The molecule has 0 aliphatic carbocycles. The summed E-state index contributed by atoms with van der Waals surface area (Å²) in [5.41, 5.74) is 5.53. The van der Waals surface area contributed by atoms with Crippen LogP contribution < -0.4 is 0 Å². The molecule has 200 valence electrons. The number of aryl methyl sites for hydroxylation is 2. The molecule has 39 heavy (non-hydrogen) atoms. The van der Waals surface area contributed by atoms with Gasteiger partial charge in [0, 0.05) is 39.2 Å². The molecule has 0 amide bonds. The monoisotopic (exact) mass is 544 g/mol. The number of benzene rings is 3. The first kappa shape index (κ1) is 26.9. The summed E-state index contributed by atoms with van der Waals surface area (Å²) < 4.78 is 21.9. The second kappa shape index (κ2) is 10.1. The largest absolute Gasteiger partial charge is 0.479 e. The summed E-state index contributed by atoms with van der Waals surface area (Å²) in [6.45, 7) is 9.79. The molecule has 0 bridgehead atoms. The van der Waals surface area contributed by atoms with Gasteiger partial charge < -0.3 is 14.4 Å². The average Bonchev–Trinajstić information content (AvgIpc) is 3.15. The third-order valence-corrected chi connectivity index (χ3v) is 6.97. The Hall–Kier alpha value is -3.74. The van der Waals surface area contributed by atoms with Gasteiger partial charge in [-0.15, -0.1) is 0 Å². The van der Waals surface area contributed by atoms with Crippen LogP contribution in [0.2, 0.25) is 5.02 Å². The van der Waals surface area contributed by atoms with Crippen molar-refractivity contribution in [2.45, 2.75) is 52.9 Å². The predicted molar refractivity (Wildman–Crippen MR) is 154 cm³/mol. The topological polar surface area (TPSA) is 64.3 Å². The number of fused-ring (bicyclic) bond motifs is 3. The molecule has 0 fully saturated rings. The molecule has 5 nitrogen and oxygen atoms in total. The molecule has 3 aromatic carbocycles. The summed E-state index contributed by atoms with van der Waals surface area (Å²) in [5.74, 6) is -1.39. The Bertz CT molecular complexity index is 1700. The zero-order valence-corrected chi connectivity index (χ0v) is 23.3. The molecule has 0 aliphatic rings. The minimum Gasteiger partial charge on any atom is -0.479 e. The van der Waals surface area contributed by atoms with E-state index in [1.807, 2.05) is 77.1 Å². The van der Waals surface area contributed by atoms with Crippen molar-refractivity contribution < 1.29 is 19.0 Å². The lowest BCUT2D eigenvalue weighted by atomic mass is 9.91. The molecule has 1 N–H and O–H groups in total. The molecule has 0 radical (unpaired) electrons. The highest BCUT2D eigenvalue weighted by Crippen LogP contribution is 2.44. The number of rotatable bonds is 6. The zero-order chi connectivity index (χ0) is 28.1. The molecule has 0 aliphatic heterocycles. The van der Waals surface area contributed by atoms with Crippen LogP contribution in [-0.4, -0.2) is 26.2 Å². The Kier molecular flexibility index (Phi) is 6.95. The smallest absolute Gasteiger partial charge is 0.337 e. The summed E-state index contributed by atoms with van der Waals surface area (Å²) in [6, 6.07) is 20.0. The lowest BCUT2D eigenvalue weighted by molar-refractivity contribution is -0.160. The Labute approximate surface area is 231 Å². The fraction of sp³-hybridized carbons (Fsp3) is 0.250. The standard InChI is InChI=1S/C32H30ClFN2O3/c1-18-6-10-21(11-7-18)27-26(29(31(37)38)39-32(3,4)5)19(2)35-30-28(27)24-16-22(33)12-15-25(24)36(30)17-20-8-13-23(34)14-9-20/h6-16,29H,17H2,1-5H3,(H,37,38). The average molecular weight is 545 g/mol. The Morgan fingerprint density at radius 1 is 1.05 bits per heavy atom. The van der Waals surface area contributed by atoms with Gasteiger partial charge in [0.05, 0.1) is 11.1 Å². The minimum atomic E-state index is -1.24. The van der Waals surface area contributed by atoms with E-state index < -0.39 is 17.7 Å². The van der Waals surface area contributed by atoms with Crippen molar-refractivity contribution in [3.63, 3.8) is 0 Å². The third kappa shape index (κ3) is 5.27. The van der Waals surface area contributed by atoms with Gasteiger partial charge in [-0.05, 0) is 76.1 Å². The summed E-state index contributed by atoms with van der Waals surface area (Å²) in [6.07, 6.45) is -1.24. The van der Waals surface area contributed by atoms with Crippen molar-refractivity contribution in [1.29, 1.82) is 0 Å². The zero-order valence-electron chi connectivity index (χ0n) is 22.5. The van der Waals surface area contributed by atoms with E-state index in [-0.39, 0.29) is 5.82 Å². The van der Waals surface area contributed by atoms with E-state index in [0.717, 1.165) is 38.5 Å². The van der Waals surface area contributed by atoms with Gasteiger partial charge in [-0.3, -0.25) is 0 Å². The molecule has 1 unspecified atom stereocenters. The highest BCUT2D eigenvalue weighted by molar-refractivity contribution is 6.32. The predicted octanol–water partition coefficient (Wildman–Crippen LogP) is 8.25. The number of pyridine rings is 1. The van der Waals surface area contributed by atoms with Crippen LogP contribution in [0, 0.1) is 19.7 Å². The third-order valence-electron chi connectivity index (χ3n) is 6.73. The minimum absolute atomic E-state index is 0.299. The maximum absolute atomic E-state index is 13.6. The van der Waals surface area contributed by atoms with E-state index in [4.69, 9.17) is 21.3 Å². The highest BCUT2D eigenvalue weighted by Gasteiger charge is 2.33. The van der Waals surface area contributed by atoms with Crippen molar-refractivity contribution in [2.75, 3.05) is 0 Å². The van der Waals surface area contributed by atoms with Crippen molar-refractivity contribution in [2.24, 2.45) is 0 Å². The lowest BCUT2D eigenvalue weighted by Gasteiger charge is -2.28. The number of hydrogen-bond donors (Lipinski definition) is 1. The molecular weight excluding hydrogens is 515 g/mol. The number of carboxylic acid groups (broad SMARTS) is 1. The van der Waals surface area contributed by atoms with Crippen molar-refractivity contribution in [1.82, 2.24) is 9.55 Å². The number of hydrogen-bond acceptors (Lipinski definition) is 3. The van der Waals surface area contributed by atoms with Crippen LogP contribution in [0.3, 0.4) is 0 Å². The number of carbonyl (C=O) groups is 1. The first-order chi connectivity index (χ1) is 18.4. The van der Waals surface area contributed by atoms with Crippen LogP contribution >= 0.6 is 11.6 Å². The van der Waals surface area contributed by atoms with Gasteiger partial charge in [0.2, 0.25) is 0 Å². The maximum atomic E-state index is 13.6. The molecule has 0 saturated heterocycles. The number of halogens is 2. The number of ether oxygens (including phenoxy) is 1. The summed E-state index contributed by atoms with van der Waals surface area (Å²) >= 11 is 6.51. The molecular formula is C32H30ClFN2O3. The number of aliphatic carboxylic acids is 1. The SMILES string of the molecule is Cc1ccc(-c2c(C(OC(C)(C)C)C(=O)O)c(C)nc3c2c2cc(Cl)ccc2n3Cc2ccc(F)cc2)cc1. The number of carboxylic acids is 1. The van der Waals surface area contributed by atoms with E-state index in [9.17, 15) is 14.3 Å². The van der Waals surface area contributed by atoms with Gasteiger partial charge in [-0.25, -0.2) is 14.2 Å². The summed E-state index contributed by atoms with van der Waals surface area (Å²) in [7, 11) is 0. The number of aromatic nitrogens is 2. The van der Waals surface area contributed by atoms with Crippen LogP contribution in [0.5, 0.6) is 0 Å². The van der Waals surface area contributed by atoms with Gasteiger partial charge in [0.15, 0.2) is 6.10 Å². The van der Waals surface area contributed by atoms with Crippen LogP contribution in [0.4, 0.5) is 4.39 Å². The normalized spacial score (nSPS) is 12.8. The van der Waals surface area contributed by atoms with E-state index in [2.05, 4.69) is 4.57 Å². The van der Waals surface area contributed by atoms with Crippen molar-refractivity contribution in [3.8, 4) is 11.1 Å². The van der Waals surface area contributed by atoms with Gasteiger partial charge >= 0.3 is 5.97 Å². The molecule has 0 saturated carbocycles. The van der Waals surface area contributed by atoms with Crippen LogP contribution in [0.25, 0.3) is 33.1 Å². The van der Waals surface area contributed by atoms with Crippen LogP contribution in [0.1, 0.15) is 49.3 Å². The Balaban J connectivity index is 1.92.